The summed E-state index contributed by atoms with van der Waals surface area (Å²) >= 11 is 2.21. The number of carboxylic acid groups (broad SMARTS) is 4. The van der Waals surface area contributed by atoms with E-state index in [0.717, 1.165) is 23.5 Å². The summed E-state index contributed by atoms with van der Waals surface area (Å²) in [5, 5.41) is 85.0. The molecule has 0 fully saturated rings. The number of Topliss-reactive ketones (excluding diaryl/α,β-unsaturated/α-hetero) is 2. The molecule has 4 amide bonds. The van der Waals surface area contributed by atoms with Crippen LogP contribution in [0.4, 0.5) is 0 Å². The second-order valence-electron chi connectivity index (χ2n) is 21.5. The van der Waals surface area contributed by atoms with Crippen molar-refractivity contribution in [3.8, 4) is 34.5 Å². The fourth-order valence-corrected chi connectivity index (χ4v) is 11.0. The van der Waals surface area contributed by atoms with Crippen LogP contribution in [0.15, 0.2) is 98.1 Å². The molecule has 4 aromatic carbocycles. The number of carbonyl (C=O) groups is 10. The highest BCUT2D eigenvalue weighted by Crippen LogP contribution is 2.46. The van der Waals surface area contributed by atoms with Gasteiger partial charge in [-0.1, -0.05) is 39.8 Å². The molecule has 0 heterocycles. The lowest BCUT2D eigenvalue weighted by molar-refractivity contribution is -0.140. The maximum Gasteiger partial charge on any atom is 0.322 e. The van der Waals surface area contributed by atoms with Gasteiger partial charge in [-0.2, -0.15) is 23.5 Å². The van der Waals surface area contributed by atoms with Gasteiger partial charge in [0, 0.05) is 104 Å². The Hall–Kier alpha value is -9.12. The number of carbonyl (C=O) groups excluding carboxylic acids is 6. The Labute approximate surface area is 527 Å². The zero-order valence-electron chi connectivity index (χ0n) is 50.5. The lowest BCUT2D eigenvalue weighted by Crippen LogP contribution is -2.49. The number of amides is 4. The van der Waals surface area contributed by atoms with Crippen molar-refractivity contribution < 1.29 is 98.3 Å². The van der Waals surface area contributed by atoms with Crippen molar-refractivity contribution in [1.29, 1.82) is 0 Å². The van der Waals surface area contributed by atoms with Gasteiger partial charge < -0.3 is 83.1 Å². The summed E-state index contributed by atoms with van der Waals surface area (Å²) in [7, 11) is 2.79. The van der Waals surface area contributed by atoms with Gasteiger partial charge in [0.2, 0.25) is 23.6 Å². The van der Waals surface area contributed by atoms with Crippen molar-refractivity contribution >= 4 is 82.6 Å². The zero-order valence-corrected chi connectivity index (χ0v) is 52.1. The molecule has 90 heavy (non-hydrogen) atoms. The molecule has 0 radical (unpaired) electrons. The number of nitrogens with two attached hydrogens (primary N) is 2. The number of hydrogen-bond acceptors (Lipinski definition) is 20. The Morgan fingerprint density at radius 2 is 0.867 bits per heavy atom. The maximum atomic E-state index is 13.4. The average Bonchev–Trinajstić information content (AvgIpc) is 0.839. The second-order valence-corrected chi connectivity index (χ2v) is 24.0. The normalized spacial score (nSPS) is 13.2. The number of thioether (sulfide) groups is 2. The number of hydrogen-bond donors (Lipinski definition) is 14. The molecule has 4 rings (SSSR count). The lowest BCUT2D eigenvalue weighted by atomic mass is 9.82. The molecule has 488 valence electrons. The first-order valence-corrected chi connectivity index (χ1v) is 29.8. The third kappa shape index (κ3) is 23.4. The number of ketones is 2. The molecule has 6 atom stereocenters. The van der Waals surface area contributed by atoms with Crippen molar-refractivity contribution in [3.05, 3.63) is 131 Å². The third-order valence-corrected chi connectivity index (χ3v) is 16.7. The molecule has 0 aliphatic carbocycles. The van der Waals surface area contributed by atoms with E-state index in [1.54, 1.807) is 24.3 Å². The number of phenols is 4. The van der Waals surface area contributed by atoms with Crippen molar-refractivity contribution in [2.45, 2.75) is 112 Å². The number of phenolic OH excluding ortho intramolecular Hbond substituents is 4. The van der Waals surface area contributed by atoms with Gasteiger partial charge in [0.25, 0.3) is 0 Å². The van der Waals surface area contributed by atoms with Crippen LogP contribution in [0.25, 0.3) is 0 Å². The van der Waals surface area contributed by atoms with Gasteiger partial charge in [-0.05, 0) is 73.5 Å². The van der Waals surface area contributed by atoms with E-state index in [-0.39, 0.29) is 96.1 Å². The molecule has 28 heteroatoms. The largest absolute Gasteiger partial charge is 0.508 e. The number of methoxy groups -OCH3 is 2. The number of ether oxygens (including phenoxy) is 2. The predicted molar refractivity (Wildman–Crippen MR) is 335 cm³/mol. The monoisotopic (exact) mass is 1290 g/mol. The van der Waals surface area contributed by atoms with Gasteiger partial charge in [0.1, 0.15) is 71.8 Å². The summed E-state index contributed by atoms with van der Waals surface area (Å²) in [6.45, 7) is 13.6. The number of carboxylic acids is 4. The Kier molecular flexibility index (Phi) is 29.4. The van der Waals surface area contributed by atoms with Gasteiger partial charge in [0.15, 0.2) is 11.6 Å². The highest BCUT2D eigenvalue weighted by Gasteiger charge is 2.33. The zero-order chi connectivity index (χ0) is 67.8. The quantitative estimate of drug-likeness (QED) is 0.0211. The van der Waals surface area contributed by atoms with Crippen LogP contribution in [0.5, 0.6) is 34.5 Å². The highest BCUT2D eigenvalue weighted by atomic mass is 32.2. The van der Waals surface area contributed by atoms with Crippen LogP contribution >= 0.6 is 23.5 Å². The van der Waals surface area contributed by atoms with E-state index < -0.39 is 106 Å². The van der Waals surface area contributed by atoms with Crippen molar-refractivity contribution in [2.24, 2.45) is 11.5 Å². The van der Waals surface area contributed by atoms with Gasteiger partial charge in [-0.15, -0.1) is 13.2 Å². The molecule has 2 unspecified atom stereocenters. The maximum absolute atomic E-state index is 13.4. The molecule has 16 N–H and O–H groups in total. The number of benzene rings is 4. The van der Waals surface area contributed by atoms with Crippen molar-refractivity contribution in [2.75, 3.05) is 38.8 Å². The standard InChI is InChI=1S/2C31H39N3O10S/c2*1-5-31(2,3)20-12-19(25(44-4)13-24(20)37)26(14-23(36)17-6-8-18(35)9-7-17)45-16-22(29(41)33-15-28(39)40)34-27(38)11-10-21(32)30(42)43/h2*5-9,12-13,21-22,26,35,37H,1,10-11,14-16,32H2,2-4H3,(H,33,41)(H,34,38)(H,39,40)(H,42,43)/t21?,22-,26+;21?,22-,26-/m11/s1. The number of rotatable bonds is 36. The molecule has 26 nitrogen and oxygen atoms in total. The SMILES string of the molecule is C=CC(C)(C)c1cc([C@@H](CC(=O)c2ccc(O)cc2)SC[C@@H](NC(=O)CCC(N)C(=O)O)C(=O)NCC(=O)O)c(OC)cc1O.C=CC(C)(C)c1cc([C@H](CC(=O)c2ccc(O)cc2)SC[C@@H](NC(=O)CCC(N)C(=O)O)C(=O)NCC(=O)O)c(OC)cc1O. The first-order valence-electron chi connectivity index (χ1n) is 27.7. The van der Waals surface area contributed by atoms with Gasteiger partial charge >= 0.3 is 23.9 Å². The molecule has 0 spiro atoms. The molecular formula is C62H78N6O20S2. The van der Waals surface area contributed by atoms with E-state index in [1.165, 1.54) is 74.9 Å². The third-order valence-electron chi connectivity index (χ3n) is 14.0. The molecule has 0 aromatic heterocycles. The molecular weight excluding hydrogens is 1210 g/mol. The van der Waals surface area contributed by atoms with Crippen molar-refractivity contribution in [3.63, 3.8) is 0 Å². The molecule has 0 aliphatic heterocycles. The summed E-state index contributed by atoms with van der Waals surface area (Å²) in [6.07, 6.45) is 2.02. The fraction of sp³-hybridized carbons (Fsp3) is 0.387. The minimum atomic E-state index is -1.31. The van der Waals surface area contributed by atoms with Crippen LogP contribution in [0, 0.1) is 0 Å². The smallest absolute Gasteiger partial charge is 0.322 e. The highest BCUT2D eigenvalue weighted by molar-refractivity contribution is 7.99. The van der Waals surface area contributed by atoms with E-state index in [4.69, 9.17) is 41.4 Å². The molecule has 0 bridgehead atoms. The van der Waals surface area contributed by atoms with Crippen LogP contribution in [-0.2, 0) is 49.2 Å². The lowest BCUT2D eigenvalue weighted by Gasteiger charge is -2.27. The van der Waals surface area contributed by atoms with E-state index in [2.05, 4.69) is 34.4 Å². The van der Waals surface area contributed by atoms with Crippen molar-refractivity contribution in [1.82, 2.24) is 21.3 Å². The summed E-state index contributed by atoms with van der Waals surface area (Å²) in [5.74, 6) is -8.76. The molecule has 4 aromatic rings. The number of aromatic hydroxyl groups is 4. The first-order chi connectivity index (χ1) is 42.2. The molecule has 0 saturated carbocycles. The minimum absolute atomic E-state index is 0.0238. The Morgan fingerprint density at radius 1 is 0.544 bits per heavy atom. The molecule has 0 saturated heterocycles. The Morgan fingerprint density at radius 3 is 1.14 bits per heavy atom. The van der Waals surface area contributed by atoms with E-state index in [9.17, 15) is 68.4 Å². The summed E-state index contributed by atoms with van der Waals surface area (Å²) in [5.41, 5.74) is 12.2. The Bertz CT molecular complexity index is 3040. The van der Waals surface area contributed by atoms with Crippen LogP contribution < -0.4 is 42.2 Å². The topological polar surface area (TPSA) is 451 Å². The summed E-state index contributed by atoms with van der Waals surface area (Å²) < 4.78 is 11.1. The minimum Gasteiger partial charge on any atom is -0.508 e. The first kappa shape index (κ1) is 75.1. The van der Waals surface area contributed by atoms with E-state index in [0.29, 0.717) is 33.4 Å². The van der Waals surface area contributed by atoms with Crippen LogP contribution in [-0.4, -0.2) is 163 Å². The average molecular weight is 1290 g/mol. The van der Waals surface area contributed by atoms with Crippen LogP contribution in [0.2, 0.25) is 0 Å². The molecule has 0 aliphatic rings. The summed E-state index contributed by atoms with van der Waals surface area (Å²) in [6, 6.07) is 12.4. The number of aliphatic carboxylic acids is 4. The Balaban J connectivity index is 0.000000470. The van der Waals surface area contributed by atoms with E-state index >= 15 is 0 Å². The van der Waals surface area contributed by atoms with Crippen LogP contribution in [0.1, 0.15) is 120 Å². The van der Waals surface area contributed by atoms with Crippen LogP contribution in [0.3, 0.4) is 0 Å². The second kappa shape index (κ2) is 35.2. The summed E-state index contributed by atoms with van der Waals surface area (Å²) in [4.78, 5) is 122. The van der Waals surface area contributed by atoms with Gasteiger partial charge in [-0.3, -0.25) is 47.9 Å². The van der Waals surface area contributed by atoms with E-state index in [1.807, 2.05) is 27.7 Å². The number of allylic oxidation sites excluding steroid dienone is 2. The number of nitrogens with one attached hydrogen (secondary N) is 4. The fourth-order valence-electron chi connectivity index (χ4n) is 8.38. The van der Waals surface area contributed by atoms with Gasteiger partial charge in [-0.25, -0.2) is 0 Å². The predicted octanol–water partition coefficient (Wildman–Crippen LogP) is 4.99. The van der Waals surface area contributed by atoms with Gasteiger partial charge in [0.05, 0.1) is 14.2 Å².